The highest BCUT2D eigenvalue weighted by atomic mass is 32.1. The SMILES string of the molecule is NC(=O)c1oc2c(sc3cc(OCCOc4ccccc4)ccc32)c1N. The molecule has 0 unspecified atom stereocenters. The van der Waals surface area contributed by atoms with Crippen molar-refractivity contribution >= 4 is 43.3 Å². The van der Waals surface area contributed by atoms with Crippen molar-refractivity contribution in [2.24, 2.45) is 5.73 Å². The van der Waals surface area contributed by atoms with E-state index in [2.05, 4.69) is 0 Å². The van der Waals surface area contributed by atoms with Crippen LogP contribution in [0.1, 0.15) is 10.6 Å². The summed E-state index contributed by atoms with van der Waals surface area (Å²) >= 11 is 1.44. The Labute approximate surface area is 152 Å². The number of primary amides is 1. The number of furan rings is 1. The Bertz CT molecular complexity index is 1090. The van der Waals surface area contributed by atoms with Gasteiger partial charge in [-0.25, -0.2) is 0 Å². The van der Waals surface area contributed by atoms with E-state index in [9.17, 15) is 4.79 Å². The number of amides is 1. The van der Waals surface area contributed by atoms with Gasteiger partial charge in [-0.3, -0.25) is 4.79 Å². The number of carbonyl (C=O) groups excluding carboxylic acids is 1. The van der Waals surface area contributed by atoms with Crippen LogP contribution in [0, 0.1) is 0 Å². The van der Waals surface area contributed by atoms with Gasteiger partial charge in [-0.15, -0.1) is 11.3 Å². The highest BCUT2D eigenvalue weighted by molar-refractivity contribution is 7.26. The molecule has 2 heterocycles. The van der Waals surface area contributed by atoms with Crippen LogP contribution in [0.15, 0.2) is 52.9 Å². The van der Waals surface area contributed by atoms with E-state index >= 15 is 0 Å². The smallest absolute Gasteiger partial charge is 0.286 e. The van der Waals surface area contributed by atoms with E-state index in [-0.39, 0.29) is 11.4 Å². The summed E-state index contributed by atoms with van der Waals surface area (Å²) in [4.78, 5) is 11.4. The number of para-hydroxylation sites is 1. The van der Waals surface area contributed by atoms with Gasteiger partial charge in [0.15, 0.2) is 5.58 Å². The third kappa shape index (κ3) is 2.93. The molecule has 0 saturated heterocycles. The number of ether oxygens (including phenoxy) is 2. The van der Waals surface area contributed by atoms with E-state index < -0.39 is 5.91 Å². The van der Waals surface area contributed by atoms with Gasteiger partial charge in [-0.05, 0) is 30.3 Å². The molecule has 0 atom stereocenters. The number of fused-ring (bicyclic) bond motifs is 3. The summed E-state index contributed by atoms with van der Waals surface area (Å²) in [5.41, 5.74) is 12.1. The molecule has 2 aromatic carbocycles. The third-order valence-corrected chi connectivity index (χ3v) is 5.06. The van der Waals surface area contributed by atoms with Crippen LogP contribution in [-0.2, 0) is 0 Å². The molecule has 4 aromatic rings. The average molecular weight is 368 g/mol. The maximum atomic E-state index is 11.4. The van der Waals surface area contributed by atoms with Crippen molar-refractivity contribution in [3.8, 4) is 11.5 Å². The van der Waals surface area contributed by atoms with Crippen LogP contribution in [0.4, 0.5) is 5.69 Å². The molecular weight excluding hydrogens is 352 g/mol. The first-order chi connectivity index (χ1) is 12.6. The van der Waals surface area contributed by atoms with Crippen LogP contribution in [0.25, 0.3) is 20.4 Å². The molecule has 0 aliphatic heterocycles. The van der Waals surface area contributed by atoms with Crippen LogP contribution in [0.3, 0.4) is 0 Å². The summed E-state index contributed by atoms with van der Waals surface area (Å²) in [6.45, 7) is 0.875. The number of nitrogen functional groups attached to an aromatic ring is 1. The topological polar surface area (TPSA) is 101 Å². The molecule has 0 saturated carbocycles. The molecule has 0 radical (unpaired) electrons. The van der Waals surface area contributed by atoms with Gasteiger partial charge >= 0.3 is 0 Å². The Balaban J connectivity index is 1.49. The second-order valence-electron chi connectivity index (χ2n) is 5.64. The number of carbonyl (C=O) groups is 1. The van der Waals surface area contributed by atoms with Gasteiger partial charge < -0.3 is 25.4 Å². The molecular formula is C19H16N2O4S. The van der Waals surface area contributed by atoms with Crippen molar-refractivity contribution in [3.63, 3.8) is 0 Å². The Hall–Kier alpha value is -3.19. The minimum atomic E-state index is -0.669. The monoisotopic (exact) mass is 368 g/mol. The predicted octanol–water partition coefficient (Wildman–Crippen LogP) is 3.79. The summed E-state index contributed by atoms with van der Waals surface area (Å²) in [6, 6.07) is 15.2. The molecule has 7 heteroatoms. The van der Waals surface area contributed by atoms with E-state index in [0.717, 1.165) is 26.3 Å². The molecule has 132 valence electrons. The molecule has 0 fully saturated rings. The second-order valence-corrected chi connectivity index (χ2v) is 6.69. The minimum absolute atomic E-state index is 0.00605. The first kappa shape index (κ1) is 16.3. The van der Waals surface area contributed by atoms with Gasteiger partial charge in [0.05, 0.1) is 4.70 Å². The first-order valence-electron chi connectivity index (χ1n) is 7.98. The number of hydrogen-bond acceptors (Lipinski definition) is 6. The lowest BCUT2D eigenvalue weighted by Gasteiger charge is -2.08. The normalized spacial score (nSPS) is 11.1. The van der Waals surface area contributed by atoms with Gasteiger partial charge in [0, 0.05) is 10.1 Å². The van der Waals surface area contributed by atoms with Crippen molar-refractivity contribution in [1.82, 2.24) is 0 Å². The summed E-state index contributed by atoms with van der Waals surface area (Å²) in [6.07, 6.45) is 0. The van der Waals surface area contributed by atoms with Crippen LogP contribution < -0.4 is 20.9 Å². The van der Waals surface area contributed by atoms with E-state index in [0.29, 0.717) is 18.8 Å². The predicted molar refractivity (Wildman–Crippen MR) is 102 cm³/mol. The van der Waals surface area contributed by atoms with Gasteiger partial charge in [-0.1, -0.05) is 18.2 Å². The van der Waals surface area contributed by atoms with Gasteiger partial charge in [-0.2, -0.15) is 0 Å². The summed E-state index contributed by atoms with van der Waals surface area (Å²) in [7, 11) is 0. The van der Waals surface area contributed by atoms with Gasteiger partial charge in [0.2, 0.25) is 5.76 Å². The number of benzene rings is 2. The zero-order valence-electron chi connectivity index (χ0n) is 13.7. The Kier molecular flexibility index (Phi) is 4.14. The zero-order chi connectivity index (χ0) is 18.1. The fourth-order valence-electron chi connectivity index (χ4n) is 2.70. The number of anilines is 1. The lowest BCUT2D eigenvalue weighted by Crippen LogP contribution is -2.11. The van der Waals surface area contributed by atoms with E-state index in [1.54, 1.807) is 0 Å². The van der Waals surface area contributed by atoms with Crippen LogP contribution in [0.5, 0.6) is 11.5 Å². The molecule has 4 N–H and O–H groups in total. The molecule has 4 rings (SSSR count). The fraction of sp³-hybridized carbons (Fsp3) is 0.105. The van der Waals surface area contributed by atoms with Crippen molar-refractivity contribution in [2.45, 2.75) is 0 Å². The average Bonchev–Trinajstić information content (AvgIpc) is 3.16. The fourth-order valence-corrected chi connectivity index (χ4v) is 3.81. The molecule has 2 aromatic heterocycles. The van der Waals surface area contributed by atoms with Crippen LogP contribution in [0.2, 0.25) is 0 Å². The molecule has 26 heavy (non-hydrogen) atoms. The van der Waals surface area contributed by atoms with Gasteiger partial charge in [0.1, 0.15) is 30.4 Å². The quantitative estimate of drug-likeness (QED) is 0.504. The van der Waals surface area contributed by atoms with E-state index in [1.165, 1.54) is 11.3 Å². The van der Waals surface area contributed by atoms with Crippen LogP contribution >= 0.6 is 11.3 Å². The molecule has 0 spiro atoms. The Morgan fingerprint density at radius 3 is 2.50 bits per heavy atom. The minimum Gasteiger partial charge on any atom is -0.490 e. The van der Waals surface area contributed by atoms with Crippen molar-refractivity contribution < 1.29 is 18.7 Å². The standard InChI is InChI=1S/C19H16N2O4S/c20-15-17(19(21)22)25-16-13-7-6-12(10-14(13)26-18(15)16)24-9-8-23-11-4-2-1-3-5-11/h1-7,10H,8-9,20H2,(H2,21,22). The second kappa shape index (κ2) is 6.61. The maximum Gasteiger partial charge on any atom is 0.286 e. The third-order valence-electron chi connectivity index (χ3n) is 3.90. The molecule has 6 nitrogen and oxygen atoms in total. The molecule has 1 amide bonds. The van der Waals surface area contributed by atoms with Crippen molar-refractivity contribution in [3.05, 3.63) is 54.3 Å². The number of hydrogen-bond donors (Lipinski definition) is 2. The van der Waals surface area contributed by atoms with E-state index in [1.807, 2.05) is 48.5 Å². The zero-order valence-corrected chi connectivity index (χ0v) is 14.5. The number of rotatable bonds is 6. The molecule has 0 aliphatic rings. The number of nitrogens with two attached hydrogens (primary N) is 2. The van der Waals surface area contributed by atoms with Crippen molar-refractivity contribution in [1.29, 1.82) is 0 Å². The number of thiophene rings is 1. The summed E-state index contributed by atoms with van der Waals surface area (Å²) < 4.78 is 18.6. The summed E-state index contributed by atoms with van der Waals surface area (Å²) in [5.74, 6) is 0.876. The Morgan fingerprint density at radius 2 is 1.77 bits per heavy atom. The highest BCUT2D eigenvalue weighted by Gasteiger charge is 2.20. The summed E-state index contributed by atoms with van der Waals surface area (Å²) in [5, 5.41) is 0.872. The highest BCUT2D eigenvalue weighted by Crippen LogP contribution is 2.41. The molecule has 0 bridgehead atoms. The lowest BCUT2D eigenvalue weighted by atomic mass is 10.2. The first-order valence-corrected chi connectivity index (χ1v) is 8.80. The van der Waals surface area contributed by atoms with E-state index in [4.69, 9.17) is 25.4 Å². The van der Waals surface area contributed by atoms with Crippen LogP contribution in [-0.4, -0.2) is 19.1 Å². The Morgan fingerprint density at radius 1 is 1.04 bits per heavy atom. The largest absolute Gasteiger partial charge is 0.490 e. The van der Waals surface area contributed by atoms with Gasteiger partial charge in [0.25, 0.3) is 5.91 Å². The maximum absolute atomic E-state index is 11.4. The molecule has 0 aliphatic carbocycles. The van der Waals surface area contributed by atoms with Crippen molar-refractivity contribution in [2.75, 3.05) is 18.9 Å². The lowest BCUT2D eigenvalue weighted by molar-refractivity contribution is 0.0977.